The summed E-state index contributed by atoms with van der Waals surface area (Å²) in [4.78, 5) is 44.0. The molecule has 3 amide bonds. The lowest BCUT2D eigenvalue weighted by Crippen LogP contribution is -2.40. The van der Waals surface area contributed by atoms with E-state index < -0.39 is 11.3 Å². The van der Waals surface area contributed by atoms with Crippen molar-refractivity contribution in [2.45, 2.75) is 19.8 Å². The Kier molecular flexibility index (Phi) is 6.37. The topological polar surface area (TPSA) is 127 Å². The molecule has 26 heavy (non-hydrogen) atoms. The smallest absolute Gasteiger partial charge is 0.269 e. The highest BCUT2D eigenvalue weighted by atomic mass is 16.2. The van der Waals surface area contributed by atoms with E-state index in [9.17, 15) is 14.4 Å². The maximum absolute atomic E-state index is 12.2. The van der Waals surface area contributed by atoms with Crippen molar-refractivity contribution in [3.05, 3.63) is 54.5 Å². The van der Waals surface area contributed by atoms with E-state index >= 15 is 0 Å². The summed E-state index contributed by atoms with van der Waals surface area (Å²) in [5, 5.41) is 5.30. The standard InChI is InChI=1S/C18H21N5O3/c1-18(17(19)26,12-15(24)23-14-7-3-5-10-21-14)8-11-22-16(25)13-6-2-4-9-20-13/h2-7,9-10H,8,11-12H2,1H3,(H2,19,26)(H,22,25)(H,21,23,24). The molecule has 4 N–H and O–H groups in total. The lowest BCUT2D eigenvalue weighted by molar-refractivity contribution is -0.131. The monoisotopic (exact) mass is 355 g/mol. The number of hydrogen-bond acceptors (Lipinski definition) is 5. The molecule has 0 bridgehead atoms. The highest BCUT2D eigenvalue weighted by Crippen LogP contribution is 2.25. The first-order chi connectivity index (χ1) is 12.4. The first kappa shape index (κ1) is 19.0. The van der Waals surface area contributed by atoms with Gasteiger partial charge < -0.3 is 16.4 Å². The van der Waals surface area contributed by atoms with Gasteiger partial charge in [0.25, 0.3) is 5.91 Å². The Morgan fingerprint density at radius 3 is 2.35 bits per heavy atom. The van der Waals surface area contributed by atoms with Gasteiger partial charge in [-0.25, -0.2) is 4.98 Å². The Morgan fingerprint density at radius 2 is 1.77 bits per heavy atom. The summed E-state index contributed by atoms with van der Waals surface area (Å²) in [5.74, 6) is -0.940. The third-order valence-electron chi connectivity index (χ3n) is 3.94. The van der Waals surface area contributed by atoms with Crippen molar-refractivity contribution < 1.29 is 14.4 Å². The molecule has 8 heteroatoms. The Labute approximate surface area is 151 Å². The molecule has 0 aliphatic rings. The van der Waals surface area contributed by atoms with Gasteiger partial charge >= 0.3 is 0 Å². The molecule has 2 aromatic rings. The van der Waals surface area contributed by atoms with E-state index in [0.29, 0.717) is 5.82 Å². The number of rotatable bonds is 8. The second-order valence-electron chi connectivity index (χ2n) is 6.09. The number of aromatic nitrogens is 2. The van der Waals surface area contributed by atoms with Gasteiger partial charge in [-0.15, -0.1) is 0 Å². The van der Waals surface area contributed by atoms with Gasteiger partial charge in [-0.3, -0.25) is 19.4 Å². The van der Waals surface area contributed by atoms with E-state index in [4.69, 9.17) is 5.73 Å². The number of carbonyl (C=O) groups excluding carboxylic acids is 3. The normalized spacial score (nSPS) is 12.7. The van der Waals surface area contributed by atoms with Crippen LogP contribution in [0.5, 0.6) is 0 Å². The van der Waals surface area contributed by atoms with Crippen LogP contribution in [0.3, 0.4) is 0 Å². The lowest BCUT2D eigenvalue weighted by atomic mass is 9.82. The first-order valence-electron chi connectivity index (χ1n) is 8.11. The van der Waals surface area contributed by atoms with Crippen LogP contribution < -0.4 is 16.4 Å². The van der Waals surface area contributed by atoms with Crippen LogP contribution in [-0.4, -0.2) is 34.2 Å². The Bertz CT molecular complexity index is 767. The van der Waals surface area contributed by atoms with Crippen LogP contribution in [-0.2, 0) is 9.59 Å². The minimum absolute atomic E-state index is 0.113. The predicted octanol–water partition coefficient (Wildman–Crippen LogP) is 1.12. The Morgan fingerprint density at radius 1 is 1.08 bits per heavy atom. The van der Waals surface area contributed by atoms with Crippen LogP contribution in [0.4, 0.5) is 5.82 Å². The molecule has 2 heterocycles. The summed E-state index contributed by atoms with van der Waals surface area (Å²) < 4.78 is 0. The van der Waals surface area contributed by atoms with Gasteiger partial charge in [0, 0.05) is 25.4 Å². The van der Waals surface area contributed by atoms with Gasteiger partial charge in [-0.2, -0.15) is 0 Å². The molecule has 2 rings (SSSR count). The van der Waals surface area contributed by atoms with Gasteiger partial charge in [0.2, 0.25) is 11.8 Å². The average molecular weight is 355 g/mol. The number of hydrogen-bond donors (Lipinski definition) is 3. The third-order valence-corrected chi connectivity index (χ3v) is 3.94. The van der Waals surface area contributed by atoms with E-state index in [-0.39, 0.29) is 36.9 Å². The van der Waals surface area contributed by atoms with Crippen molar-refractivity contribution >= 4 is 23.5 Å². The van der Waals surface area contributed by atoms with E-state index in [2.05, 4.69) is 20.6 Å². The van der Waals surface area contributed by atoms with Crippen molar-refractivity contribution in [2.75, 3.05) is 11.9 Å². The molecule has 0 aliphatic carbocycles. The van der Waals surface area contributed by atoms with Crippen LogP contribution in [0.25, 0.3) is 0 Å². The van der Waals surface area contributed by atoms with Crippen molar-refractivity contribution in [1.29, 1.82) is 0 Å². The zero-order valence-corrected chi connectivity index (χ0v) is 14.4. The van der Waals surface area contributed by atoms with Crippen molar-refractivity contribution in [3.8, 4) is 0 Å². The van der Waals surface area contributed by atoms with E-state index in [0.717, 1.165) is 0 Å². The summed E-state index contributed by atoms with van der Waals surface area (Å²) in [6.07, 6.45) is 3.18. The minimum Gasteiger partial charge on any atom is -0.369 e. The second-order valence-corrected chi connectivity index (χ2v) is 6.09. The molecule has 0 fully saturated rings. The van der Waals surface area contributed by atoms with Crippen molar-refractivity contribution in [1.82, 2.24) is 15.3 Å². The molecule has 8 nitrogen and oxygen atoms in total. The fourth-order valence-corrected chi connectivity index (χ4v) is 2.32. The quantitative estimate of drug-likeness (QED) is 0.654. The van der Waals surface area contributed by atoms with Crippen molar-refractivity contribution in [2.24, 2.45) is 11.1 Å². The number of pyridine rings is 2. The third kappa shape index (κ3) is 5.37. The maximum Gasteiger partial charge on any atom is 0.269 e. The van der Waals surface area contributed by atoms with Crippen LogP contribution in [0.2, 0.25) is 0 Å². The summed E-state index contributed by atoms with van der Waals surface area (Å²) in [5.41, 5.74) is 4.66. The molecule has 1 unspecified atom stereocenters. The average Bonchev–Trinajstić information content (AvgIpc) is 2.63. The molecule has 0 saturated carbocycles. The molecule has 0 radical (unpaired) electrons. The van der Waals surface area contributed by atoms with Gasteiger partial charge in [0.15, 0.2) is 0 Å². The van der Waals surface area contributed by atoms with Crippen LogP contribution in [0.15, 0.2) is 48.8 Å². The zero-order chi connectivity index (χ0) is 19.0. The minimum atomic E-state index is -1.10. The number of carbonyl (C=O) groups is 3. The summed E-state index contributed by atoms with van der Waals surface area (Å²) in [6, 6.07) is 10.1. The lowest BCUT2D eigenvalue weighted by Gasteiger charge is -2.25. The number of nitrogens with two attached hydrogens (primary N) is 1. The van der Waals surface area contributed by atoms with Gasteiger partial charge in [-0.1, -0.05) is 19.1 Å². The maximum atomic E-state index is 12.2. The highest BCUT2D eigenvalue weighted by Gasteiger charge is 2.33. The molecule has 0 aliphatic heterocycles. The first-order valence-corrected chi connectivity index (χ1v) is 8.11. The number of nitrogens with one attached hydrogen (secondary N) is 2. The zero-order valence-electron chi connectivity index (χ0n) is 14.4. The fraction of sp³-hybridized carbons (Fsp3) is 0.278. The van der Waals surface area contributed by atoms with E-state index in [1.54, 1.807) is 49.5 Å². The highest BCUT2D eigenvalue weighted by molar-refractivity contribution is 5.95. The molecule has 1 atom stereocenters. The molecule has 136 valence electrons. The van der Waals surface area contributed by atoms with Crippen LogP contribution >= 0.6 is 0 Å². The molecular weight excluding hydrogens is 334 g/mol. The summed E-state index contributed by atoms with van der Waals surface area (Å²) in [7, 11) is 0. The number of anilines is 1. The molecule has 0 spiro atoms. The molecule has 0 aromatic carbocycles. The summed E-state index contributed by atoms with van der Waals surface area (Å²) in [6.45, 7) is 1.78. The van der Waals surface area contributed by atoms with Crippen LogP contribution in [0, 0.1) is 5.41 Å². The molecule has 0 saturated heterocycles. The van der Waals surface area contributed by atoms with Gasteiger partial charge in [0.05, 0.1) is 5.41 Å². The SMILES string of the molecule is CC(CCNC(=O)c1ccccn1)(CC(=O)Nc1ccccn1)C(N)=O. The van der Waals surface area contributed by atoms with E-state index in [1.165, 1.54) is 6.20 Å². The number of primary amides is 1. The summed E-state index contributed by atoms with van der Waals surface area (Å²) >= 11 is 0. The van der Waals surface area contributed by atoms with Gasteiger partial charge in [-0.05, 0) is 30.7 Å². The molecule has 2 aromatic heterocycles. The number of nitrogens with zero attached hydrogens (tertiary/aromatic N) is 2. The Hall–Kier alpha value is -3.29. The molecular formula is C18H21N5O3. The predicted molar refractivity (Wildman–Crippen MR) is 96.0 cm³/mol. The Balaban J connectivity index is 1.90. The number of amides is 3. The van der Waals surface area contributed by atoms with Crippen molar-refractivity contribution in [3.63, 3.8) is 0 Å². The second kappa shape index (κ2) is 8.70. The van der Waals surface area contributed by atoms with Gasteiger partial charge in [0.1, 0.15) is 11.5 Å². The van der Waals surface area contributed by atoms with E-state index in [1.807, 2.05) is 0 Å². The largest absolute Gasteiger partial charge is 0.369 e. The fourth-order valence-electron chi connectivity index (χ4n) is 2.32. The van der Waals surface area contributed by atoms with Crippen LogP contribution in [0.1, 0.15) is 30.3 Å².